The lowest BCUT2D eigenvalue weighted by Crippen LogP contribution is -2.31. The molecule has 19 heavy (non-hydrogen) atoms. The number of hydrogen-bond donors (Lipinski definition) is 1. The van der Waals surface area contributed by atoms with Gasteiger partial charge in [0.15, 0.2) is 0 Å². The van der Waals surface area contributed by atoms with Crippen LogP contribution in [0, 0.1) is 0 Å². The van der Waals surface area contributed by atoms with Gasteiger partial charge in [0, 0.05) is 10.5 Å². The number of alkyl halides is 3. The minimum atomic E-state index is -4.30. The fraction of sp³-hybridized carbons (Fsp3) is 0.571. The Kier molecular flexibility index (Phi) is 5.86. The summed E-state index contributed by atoms with van der Waals surface area (Å²) >= 11 is 3.25. The second-order valence-electron chi connectivity index (χ2n) is 4.77. The van der Waals surface area contributed by atoms with Crippen molar-refractivity contribution in [2.24, 2.45) is 0 Å². The first-order chi connectivity index (χ1) is 8.77. The van der Waals surface area contributed by atoms with Gasteiger partial charge in [-0.15, -0.1) is 0 Å². The van der Waals surface area contributed by atoms with E-state index in [1.54, 1.807) is 6.07 Å². The van der Waals surface area contributed by atoms with Crippen molar-refractivity contribution in [3.63, 3.8) is 0 Å². The SMILES string of the molecule is CCCNC(C)C(C)c1ccc(C(F)(F)F)cc1Br. The maximum atomic E-state index is 12.6. The summed E-state index contributed by atoms with van der Waals surface area (Å²) < 4.78 is 38.3. The summed E-state index contributed by atoms with van der Waals surface area (Å²) in [4.78, 5) is 0. The molecule has 108 valence electrons. The van der Waals surface area contributed by atoms with Gasteiger partial charge in [-0.2, -0.15) is 13.2 Å². The molecule has 0 amide bonds. The molecule has 0 saturated heterocycles. The average molecular weight is 338 g/mol. The average Bonchev–Trinajstić information content (AvgIpc) is 2.33. The lowest BCUT2D eigenvalue weighted by molar-refractivity contribution is -0.137. The molecular weight excluding hydrogens is 319 g/mol. The van der Waals surface area contributed by atoms with Crippen molar-refractivity contribution in [1.29, 1.82) is 0 Å². The van der Waals surface area contributed by atoms with E-state index in [1.807, 2.05) is 13.8 Å². The van der Waals surface area contributed by atoms with Crippen LogP contribution in [0.5, 0.6) is 0 Å². The van der Waals surface area contributed by atoms with E-state index >= 15 is 0 Å². The monoisotopic (exact) mass is 337 g/mol. The van der Waals surface area contributed by atoms with Gasteiger partial charge in [-0.1, -0.05) is 35.8 Å². The Bertz CT molecular complexity index is 418. The molecule has 0 aliphatic carbocycles. The normalized spacial score (nSPS) is 15.3. The van der Waals surface area contributed by atoms with Gasteiger partial charge in [0.25, 0.3) is 0 Å². The van der Waals surface area contributed by atoms with Crippen LogP contribution in [-0.2, 0) is 6.18 Å². The number of halogens is 4. The van der Waals surface area contributed by atoms with E-state index in [-0.39, 0.29) is 12.0 Å². The van der Waals surface area contributed by atoms with Gasteiger partial charge in [0.1, 0.15) is 0 Å². The molecule has 2 atom stereocenters. The lowest BCUT2D eigenvalue weighted by atomic mass is 9.93. The Morgan fingerprint density at radius 2 is 1.89 bits per heavy atom. The predicted octanol–water partition coefficient (Wildman–Crippen LogP) is 4.96. The Balaban J connectivity index is 2.90. The Morgan fingerprint density at radius 1 is 1.26 bits per heavy atom. The maximum absolute atomic E-state index is 12.6. The smallest absolute Gasteiger partial charge is 0.314 e. The number of rotatable bonds is 5. The fourth-order valence-corrected chi connectivity index (χ4v) is 2.63. The highest BCUT2D eigenvalue weighted by molar-refractivity contribution is 9.10. The maximum Gasteiger partial charge on any atom is 0.416 e. The molecule has 1 aromatic carbocycles. The minimum Gasteiger partial charge on any atom is -0.314 e. The van der Waals surface area contributed by atoms with Crippen LogP contribution >= 0.6 is 15.9 Å². The largest absolute Gasteiger partial charge is 0.416 e. The third-order valence-electron chi connectivity index (χ3n) is 3.28. The Labute approximate surface area is 120 Å². The predicted molar refractivity (Wildman–Crippen MR) is 75.3 cm³/mol. The molecule has 1 nitrogen and oxygen atoms in total. The molecule has 0 radical (unpaired) electrons. The molecular formula is C14H19BrF3N. The number of hydrogen-bond acceptors (Lipinski definition) is 1. The summed E-state index contributed by atoms with van der Waals surface area (Å²) in [6.07, 6.45) is -3.26. The third kappa shape index (κ3) is 4.49. The van der Waals surface area contributed by atoms with Gasteiger partial charge in [0.2, 0.25) is 0 Å². The summed E-state index contributed by atoms with van der Waals surface area (Å²) in [5.41, 5.74) is 0.272. The van der Waals surface area contributed by atoms with Crippen molar-refractivity contribution in [1.82, 2.24) is 5.32 Å². The molecule has 0 fully saturated rings. The summed E-state index contributed by atoms with van der Waals surface area (Å²) in [5.74, 6) is 0.142. The molecule has 0 aliphatic heterocycles. The van der Waals surface area contributed by atoms with Crippen LogP contribution in [-0.4, -0.2) is 12.6 Å². The van der Waals surface area contributed by atoms with E-state index in [2.05, 4.69) is 28.2 Å². The second-order valence-corrected chi connectivity index (χ2v) is 5.62. The van der Waals surface area contributed by atoms with Crippen LogP contribution < -0.4 is 5.32 Å². The van der Waals surface area contributed by atoms with Gasteiger partial charge in [-0.05, 0) is 43.5 Å². The quantitative estimate of drug-likeness (QED) is 0.800. The summed E-state index contributed by atoms with van der Waals surface area (Å²) in [6, 6.07) is 4.07. The molecule has 0 bridgehead atoms. The zero-order valence-electron chi connectivity index (χ0n) is 11.3. The summed E-state index contributed by atoms with van der Waals surface area (Å²) in [5, 5.41) is 3.36. The van der Waals surface area contributed by atoms with Crippen molar-refractivity contribution in [2.45, 2.75) is 45.3 Å². The van der Waals surface area contributed by atoms with Crippen molar-refractivity contribution >= 4 is 15.9 Å². The van der Waals surface area contributed by atoms with Gasteiger partial charge in [-0.25, -0.2) is 0 Å². The highest BCUT2D eigenvalue weighted by Crippen LogP contribution is 2.35. The Morgan fingerprint density at radius 3 is 2.37 bits per heavy atom. The molecule has 0 spiro atoms. The zero-order chi connectivity index (χ0) is 14.6. The van der Waals surface area contributed by atoms with Crippen LogP contribution in [0.3, 0.4) is 0 Å². The fourth-order valence-electron chi connectivity index (χ4n) is 1.89. The highest BCUT2D eigenvalue weighted by atomic mass is 79.9. The molecule has 0 aliphatic rings. The summed E-state index contributed by atoms with van der Waals surface area (Å²) in [6.45, 7) is 7.05. The molecule has 2 unspecified atom stereocenters. The van der Waals surface area contributed by atoms with Crippen molar-refractivity contribution < 1.29 is 13.2 Å². The molecule has 1 N–H and O–H groups in total. The third-order valence-corrected chi connectivity index (χ3v) is 3.97. The first-order valence-corrected chi connectivity index (χ1v) is 7.16. The van der Waals surface area contributed by atoms with E-state index in [9.17, 15) is 13.2 Å². The van der Waals surface area contributed by atoms with Crippen LogP contribution in [0.1, 0.15) is 44.2 Å². The van der Waals surface area contributed by atoms with Crippen molar-refractivity contribution in [3.8, 4) is 0 Å². The molecule has 0 aromatic heterocycles. The minimum absolute atomic E-state index is 0.142. The van der Waals surface area contributed by atoms with Crippen LogP contribution in [0.15, 0.2) is 22.7 Å². The van der Waals surface area contributed by atoms with E-state index in [0.29, 0.717) is 4.47 Å². The van der Waals surface area contributed by atoms with Crippen LogP contribution in [0.25, 0.3) is 0 Å². The molecule has 0 heterocycles. The van der Waals surface area contributed by atoms with Crippen LogP contribution in [0.2, 0.25) is 0 Å². The van der Waals surface area contributed by atoms with E-state index < -0.39 is 11.7 Å². The van der Waals surface area contributed by atoms with Gasteiger partial charge < -0.3 is 5.32 Å². The zero-order valence-corrected chi connectivity index (χ0v) is 12.9. The van der Waals surface area contributed by atoms with Crippen molar-refractivity contribution in [3.05, 3.63) is 33.8 Å². The lowest BCUT2D eigenvalue weighted by Gasteiger charge is -2.23. The van der Waals surface area contributed by atoms with Crippen molar-refractivity contribution in [2.75, 3.05) is 6.54 Å². The molecule has 1 rings (SSSR count). The summed E-state index contributed by atoms with van der Waals surface area (Å²) in [7, 11) is 0. The van der Waals surface area contributed by atoms with E-state index in [4.69, 9.17) is 0 Å². The second kappa shape index (κ2) is 6.75. The first kappa shape index (κ1) is 16.5. The van der Waals surface area contributed by atoms with Gasteiger partial charge >= 0.3 is 6.18 Å². The van der Waals surface area contributed by atoms with Gasteiger partial charge in [-0.3, -0.25) is 0 Å². The van der Waals surface area contributed by atoms with E-state index in [1.165, 1.54) is 0 Å². The number of nitrogens with one attached hydrogen (secondary N) is 1. The molecule has 1 aromatic rings. The highest BCUT2D eigenvalue weighted by Gasteiger charge is 2.31. The Hall–Kier alpha value is -0.550. The molecule has 0 saturated carbocycles. The number of benzene rings is 1. The topological polar surface area (TPSA) is 12.0 Å². The standard InChI is InChI=1S/C14H19BrF3N/c1-4-7-19-10(3)9(2)12-6-5-11(8-13(12)15)14(16,17)18/h5-6,8-10,19H,4,7H2,1-3H3. The molecule has 5 heteroatoms. The van der Waals surface area contributed by atoms with Gasteiger partial charge in [0.05, 0.1) is 5.56 Å². The van der Waals surface area contributed by atoms with E-state index in [0.717, 1.165) is 30.7 Å². The van der Waals surface area contributed by atoms with Crippen LogP contribution in [0.4, 0.5) is 13.2 Å². The first-order valence-electron chi connectivity index (χ1n) is 6.37.